The molecule has 0 spiro atoms. The summed E-state index contributed by atoms with van der Waals surface area (Å²) in [5, 5.41) is 6.36. The number of ether oxygens (including phenoxy) is 1. The van der Waals surface area contributed by atoms with Gasteiger partial charge in [-0.3, -0.25) is 4.79 Å². The fraction of sp³-hybridized carbons (Fsp3) is 0.562. The largest absolute Gasteiger partial charge is 0.382 e. The predicted octanol–water partition coefficient (Wildman–Crippen LogP) is 2.35. The maximum Gasteiger partial charge on any atom is 0.224 e. The third-order valence-corrected chi connectivity index (χ3v) is 3.52. The molecule has 1 atom stereocenters. The Hall–Kier alpha value is -1.55. The third kappa shape index (κ3) is 4.85. The third-order valence-electron chi connectivity index (χ3n) is 3.52. The Morgan fingerprint density at radius 1 is 1.25 bits per heavy atom. The number of rotatable bonds is 5. The highest BCUT2D eigenvalue weighted by Gasteiger charge is 2.12. The van der Waals surface area contributed by atoms with E-state index in [4.69, 9.17) is 4.74 Å². The second-order valence-electron chi connectivity index (χ2n) is 5.21. The number of benzene rings is 1. The second-order valence-corrected chi connectivity index (χ2v) is 5.21. The van der Waals surface area contributed by atoms with Crippen LogP contribution in [0.1, 0.15) is 31.7 Å². The molecule has 1 heterocycles. The van der Waals surface area contributed by atoms with E-state index in [-0.39, 0.29) is 5.91 Å². The normalized spacial score (nSPS) is 19.1. The number of likely N-dealkylation sites (N-methyl/N-ethyl adjacent to an activating group) is 1. The van der Waals surface area contributed by atoms with Crippen molar-refractivity contribution in [2.45, 2.75) is 38.6 Å². The van der Waals surface area contributed by atoms with Gasteiger partial charge in [0.2, 0.25) is 5.91 Å². The van der Waals surface area contributed by atoms with E-state index in [1.165, 1.54) is 0 Å². The molecule has 1 aromatic rings. The molecule has 0 radical (unpaired) electrons. The molecular weight excluding hydrogens is 252 g/mol. The zero-order chi connectivity index (χ0) is 14.2. The molecule has 0 aliphatic carbocycles. The molecule has 1 aromatic carbocycles. The summed E-state index contributed by atoms with van der Waals surface area (Å²) in [7, 11) is 0. The van der Waals surface area contributed by atoms with Crippen LogP contribution in [0.25, 0.3) is 0 Å². The maximum absolute atomic E-state index is 11.5. The highest BCUT2D eigenvalue weighted by Crippen LogP contribution is 2.16. The van der Waals surface area contributed by atoms with Crippen molar-refractivity contribution < 1.29 is 9.53 Å². The Balaban J connectivity index is 1.85. The molecule has 2 rings (SSSR count). The fourth-order valence-electron chi connectivity index (χ4n) is 2.45. The van der Waals surface area contributed by atoms with Gasteiger partial charge in [-0.15, -0.1) is 0 Å². The van der Waals surface area contributed by atoms with Gasteiger partial charge in [0, 0.05) is 31.5 Å². The van der Waals surface area contributed by atoms with E-state index in [1.54, 1.807) is 0 Å². The highest BCUT2D eigenvalue weighted by molar-refractivity contribution is 5.78. The van der Waals surface area contributed by atoms with Crippen molar-refractivity contribution >= 4 is 11.6 Å². The van der Waals surface area contributed by atoms with Gasteiger partial charge in [0.1, 0.15) is 0 Å². The van der Waals surface area contributed by atoms with Crippen LogP contribution in [0.15, 0.2) is 24.3 Å². The van der Waals surface area contributed by atoms with Gasteiger partial charge in [0.05, 0.1) is 6.42 Å². The highest BCUT2D eigenvalue weighted by atomic mass is 16.5. The van der Waals surface area contributed by atoms with Gasteiger partial charge in [-0.1, -0.05) is 12.1 Å². The van der Waals surface area contributed by atoms with Crippen LogP contribution in [-0.2, 0) is 16.0 Å². The summed E-state index contributed by atoms with van der Waals surface area (Å²) in [4.78, 5) is 11.5. The van der Waals surface area contributed by atoms with Crippen LogP contribution >= 0.6 is 0 Å². The van der Waals surface area contributed by atoms with Crippen molar-refractivity contribution in [1.29, 1.82) is 0 Å². The molecular formula is C16H24N2O2. The SMILES string of the molecule is CCNC(=O)Cc1ccc(NC2CCCOCC2)cc1. The van der Waals surface area contributed by atoms with E-state index in [0.717, 1.165) is 43.7 Å². The topological polar surface area (TPSA) is 50.4 Å². The van der Waals surface area contributed by atoms with Gasteiger partial charge in [-0.25, -0.2) is 0 Å². The van der Waals surface area contributed by atoms with Crippen molar-refractivity contribution in [2.75, 3.05) is 25.1 Å². The van der Waals surface area contributed by atoms with E-state index in [0.29, 0.717) is 19.0 Å². The van der Waals surface area contributed by atoms with Gasteiger partial charge < -0.3 is 15.4 Å². The summed E-state index contributed by atoms with van der Waals surface area (Å²) in [6, 6.07) is 8.64. The molecule has 1 unspecified atom stereocenters. The van der Waals surface area contributed by atoms with Crippen LogP contribution in [-0.4, -0.2) is 31.7 Å². The number of anilines is 1. The minimum Gasteiger partial charge on any atom is -0.382 e. The quantitative estimate of drug-likeness (QED) is 0.868. The lowest BCUT2D eigenvalue weighted by atomic mass is 10.1. The molecule has 4 nitrogen and oxygen atoms in total. The van der Waals surface area contributed by atoms with E-state index < -0.39 is 0 Å². The molecule has 0 aromatic heterocycles. The molecule has 20 heavy (non-hydrogen) atoms. The van der Waals surface area contributed by atoms with Crippen LogP contribution in [0.3, 0.4) is 0 Å². The Kier molecular flexibility index (Phi) is 5.87. The van der Waals surface area contributed by atoms with E-state index in [1.807, 2.05) is 19.1 Å². The maximum atomic E-state index is 11.5. The van der Waals surface area contributed by atoms with Crippen molar-refractivity contribution in [2.24, 2.45) is 0 Å². The summed E-state index contributed by atoms with van der Waals surface area (Å²) in [6.07, 6.45) is 3.78. The molecule has 110 valence electrons. The summed E-state index contributed by atoms with van der Waals surface area (Å²) < 4.78 is 5.46. The van der Waals surface area contributed by atoms with Crippen molar-refractivity contribution in [1.82, 2.24) is 5.32 Å². The fourth-order valence-corrected chi connectivity index (χ4v) is 2.45. The monoisotopic (exact) mass is 276 g/mol. The van der Waals surface area contributed by atoms with Crippen LogP contribution < -0.4 is 10.6 Å². The lowest BCUT2D eigenvalue weighted by Crippen LogP contribution is -2.24. The number of nitrogens with one attached hydrogen (secondary N) is 2. The van der Waals surface area contributed by atoms with Crippen molar-refractivity contribution in [3.8, 4) is 0 Å². The lowest BCUT2D eigenvalue weighted by Gasteiger charge is -2.17. The number of hydrogen-bond acceptors (Lipinski definition) is 3. The Bertz CT molecular complexity index is 409. The predicted molar refractivity (Wildman–Crippen MR) is 80.9 cm³/mol. The molecule has 1 saturated heterocycles. The van der Waals surface area contributed by atoms with E-state index in [9.17, 15) is 4.79 Å². The van der Waals surface area contributed by atoms with Crippen LogP contribution in [0, 0.1) is 0 Å². The summed E-state index contributed by atoms with van der Waals surface area (Å²) in [6.45, 7) is 4.33. The minimum absolute atomic E-state index is 0.0779. The molecule has 1 amide bonds. The van der Waals surface area contributed by atoms with E-state index >= 15 is 0 Å². The zero-order valence-corrected chi connectivity index (χ0v) is 12.2. The number of hydrogen-bond donors (Lipinski definition) is 2. The number of carbonyl (C=O) groups excluding carboxylic acids is 1. The van der Waals surface area contributed by atoms with Gasteiger partial charge >= 0.3 is 0 Å². The average Bonchev–Trinajstić information content (AvgIpc) is 2.70. The minimum atomic E-state index is 0.0779. The summed E-state index contributed by atoms with van der Waals surface area (Å²) >= 11 is 0. The second kappa shape index (κ2) is 7.90. The van der Waals surface area contributed by atoms with Gasteiger partial charge in [-0.2, -0.15) is 0 Å². The Morgan fingerprint density at radius 3 is 2.80 bits per heavy atom. The molecule has 4 heteroatoms. The molecule has 0 bridgehead atoms. The van der Waals surface area contributed by atoms with Crippen molar-refractivity contribution in [3.63, 3.8) is 0 Å². The van der Waals surface area contributed by atoms with Crippen molar-refractivity contribution in [3.05, 3.63) is 29.8 Å². The Morgan fingerprint density at radius 2 is 2.05 bits per heavy atom. The first-order valence-electron chi connectivity index (χ1n) is 7.48. The summed E-state index contributed by atoms with van der Waals surface area (Å²) in [5.41, 5.74) is 2.17. The van der Waals surface area contributed by atoms with Crippen LogP contribution in [0.4, 0.5) is 5.69 Å². The number of amides is 1. The molecule has 0 saturated carbocycles. The first kappa shape index (κ1) is 14.9. The first-order chi connectivity index (χ1) is 9.78. The first-order valence-corrected chi connectivity index (χ1v) is 7.48. The van der Waals surface area contributed by atoms with E-state index in [2.05, 4.69) is 22.8 Å². The van der Waals surface area contributed by atoms with Gasteiger partial charge in [-0.05, 0) is 43.9 Å². The molecule has 1 aliphatic rings. The molecule has 2 N–H and O–H groups in total. The molecule has 1 fully saturated rings. The number of carbonyl (C=O) groups is 1. The van der Waals surface area contributed by atoms with Crippen LogP contribution in [0.5, 0.6) is 0 Å². The standard InChI is InChI=1S/C16H24N2O2/c1-2-17-16(19)12-13-5-7-15(8-6-13)18-14-4-3-10-20-11-9-14/h5-8,14,18H,2-4,9-12H2,1H3,(H,17,19). The summed E-state index contributed by atoms with van der Waals surface area (Å²) in [5.74, 6) is 0.0779. The molecule has 1 aliphatic heterocycles. The van der Waals surface area contributed by atoms with Crippen LogP contribution in [0.2, 0.25) is 0 Å². The Labute approximate surface area is 120 Å². The lowest BCUT2D eigenvalue weighted by molar-refractivity contribution is -0.120. The van der Waals surface area contributed by atoms with Gasteiger partial charge in [0.25, 0.3) is 0 Å². The van der Waals surface area contributed by atoms with Gasteiger partial charge in [0.15, 0.2) is 0 Å². The smallest absolute Gasteiger partial charge is 0.224 e. The zero-order valence-electron chi connectivity index (χ0n) is 12.2. The average molecular weight is 276 g/mol.